The maximum absolute atomic E-state index is 9.01. The van der Waals surface area contributed by atoms with E-state index < -0.39 is 5.41 Å². The van der Waals surface area contributed by atoms with E-state index in [0.29, 0.717) is 5.84 Å². The molecule has 9 rings (SSSR count). The van der Waals surface area contributed by atoms with Gasteiger partial charge in [-0.3, -0.25) is 5.41 Å². The van der Waals surface area contributed by atoms with Gasteiger partial charge in [0, 0.05) is 33.6 Å². The van der Waals surface area contributed by atoms with Crippen LogP contribution in [0.15, 0.2) is 219 Å². The van der Waals surface area contributed by atoms with Crippen LogP contribution in [0.1, 0.15) is 34.7 Å². The van der Waals surface area contributed by atoms with Gasteiger partial charge in [-0.25, -0.2) is 0 Å². The van der Waals surface area contributed by atoms with Crippen molar-refractivity contribution in [2.45, 2.75) is 12.3 Å². The Morgan fingerprint density at radius 2 is 0.862 bits per heavy atom. The van der Waals surface area contributed by atoms with Crippen molar-refractivity contribution in [2.75, 3.05) is 10.6 Å². The Kier molecular flexibility index (Phi) is 9.71. The molecular formula is C55H43N3. The molecule has 3 N–H and O–H groups in total. The molecule has 0 fully saturated rings. The fraction of sp³-hybridized carbons (Fsp3) is 0.0364. The van der Waals surface area contributed by atoms with Gasteiger partial charge in [0.2, 0.25) is 0 Å². The molecule has 0 spiro atoms. The molecule has 0 aromatic heterocycles. The van der Waals surface area contributed by atoms with Crippen molar-refractivity contribution in [3.8, 4) is 22.3 Å². The number of nitrogens with one attached hydrogen (secondary N) is 3. The third kappa shape index (κ3) is 7.06. The van der Waals surface area contributed by atoms with Crippen molar-refractivity contribution < 1.29 is 0 Å². The normalized spacial score (nSPS) is 12.2. The number of hydrogen-bond donors (Lipinski definition) is 3. The monoisotopic (exact) mass is 745 g/mol. The molecule has 1 atom stereocenters. The maximum atomic E-state index is 9.01. The van der Waals surface area contributed by atoms with E-state index in [2.05, 4.69) is 212 Å². The first-order valence-electron chi connectivity index (χ1n) is 19.7. The quantitative estimate of drug-likeness (QED) is 0.0742. The summed E-state index contributed by atoms with van der Waals surface area (Å²) in [7, 11) is 0. The van der Waals surface area contributed by atoms with Crippen LogP contribution < -0.4 is 10.6 Å². The largest absolute Gasteiger partial charge is 0.356 e. The van der Waals surface area contributed by atoms with Crippen molar-refractivity contribution in [1.29, 1.82) is 5.41 Å². The smallest absolute Gasteiger partial charge is 0.130 e. The van der Waals surface area contributed by atoms with E-state index in [1.807, 2.05) is 24.3 Å². The minimum absolute atomic E-state index is 0.367. The van der Waals surface area contributed by atoms with Crippen LogP contribution in [0.3, 0.4) is 0 Å². The van der Waals surface area contributed by atoms with Crippen LogP contribution in [0.5, 0.6) is 0 Å². The summed E-state index contributed by atoms with van der Waals surface area (Å²) in [6, 6.07) is 74.6. The molecular weight excluding hydrogens is 703 g/mol. The van der Waals surface area contributed by atoms with Gasteiger partial charge in [-0.2, -0.15) is 0 Å². The third-order valence-corrected chi connectivity index (χ3v) is 11.4. The lowest BCUT2D eigenvalue weighted by Gasteiger charge is -2.33. The van der Waals surface area contributed by atoms with E-state index in [1.165, 1.54) is 33.0 Å². The Balaban J connectivity index is 1.06. The Bertz CT molecular complexity index is 2780. The highest BCUT2D eigenvalue weighted by Gasteiger charge is 2.32. The van der Waals surface area contributed by atoms with Crippen LogP contribution >= 0.6 is 0 Å². The molecule has 0 aliphatic carbocycles. The van der Waals surface area contributed by atoms with Crippen molar-refractivity contribution in [3.05, 3.63) is 247 Å². The van der Waals surface area contributed by atoms with Gasteiger partial charge in [-0.05, 0) is 104 Å². The number of rotatable bonds is 10. The Labute approximate surface area is 340 Å². The molecule has 0 amide bonds. The van der Waals surface area contributed by atoms with Crippen molar-refractivity contribution in [2.24, 2.45) is 0 Å². The summed E-state index contributed by atoms with van der Waals surface area (Å²) in [5.74, 6) is 0.367. The summed E-state index contributed by atoms with van der Waals surface area (Å²) >= 11 is 0. The van der Waals surface area contributed by atoms with E-state index in [1.54, 1.807) is 0 Å². The first-order valence-corrected chi connectivity index (χ1v) is 19.7. The molecule has 9 aromatic rings. The third-order valence-electron chi connectivity index (χ3n) is 11.4. The average Bonchev–Trinajstić information content (AvgIpc) is 3.29. The van der Waals surface area contributed by atoms with Crippen LogP contribution in [-0.4, -0.2) is 5.84 Å². The first kappa shape index (κ1) is 36.2. The number of fused-ring (bicyclic) bond motifs is 2. The van der Waals surface area contributed by atoms with Crippen molar-refractivity contribution in [3.63, 3.8) is 0 Å². The molecule has 0 aliphatic rings. The number of anilines is 2. The maximum Gasteiger partial charge on any atom is 0.130 e. The highest BCUT2D eigenvalue weighted by molar-refractivity contribution is 6.14. The Morgan fingerprint density at radius 3 is 1.50 bits per heavy atom. The van der Waals surface area contributed by atoms with E-state index in [0.717, 1.165) is 55.7 Å². The Hall–Kier alpha value is -7.49. The molecule has 9 aromatic carbocycles. The molecule has 58 heavy (non-hydrogen) atoms. The minimum Gasteiger partial charge on any atom is -0.356 e. The molecule has 0 saturated heterocycles. The summed E-state index contributed by atoms with van der Waals surface area (Å²) in [4.78, 5) is 0. The van der Waals surface area contributed by atoms with Gasteiger partial charge in [-0.1, -0.05) is 183 Å². The van der Waals surface area contributed by atoms with Crippen LogP contribution in [0.4, 0.5) is 11.4 Å². The lowest BCUT2D eigenvalue weighted by atomic mass is 9.70. The van der Waals surface area contributed by atoms with E-state index in [4.69, 9.17) is 5.41 Å². The SMILES string of the molecule is C=C(Nc1ccc(C(C)(c2ccc(NC(=N)c3cccc4ccccc34)cc2)c2cccc(-c3cccc(-c4ccccc4)c3)c2)cc1)c1cccc2ccccc12. The molecule has 3 heteroatoms. The Morgan fingerprint density at radius 1 is 0.414 bits per heavy atom. The fourth-order valence-corrected chi connectivity index (χ4v) is 8.18. The van der Waals surface area contributed by atoms with Crippen LogP contribution in [0.2, 0.25) is 0 Å². The zero-order valence-corrected chi connectivity index (χ0v) is 32.4. The van der Waals surface area contributed by atoms with Crippen molar-refractivity contribution in [1.82, 2.24) is 0 Å². The van der Waals surface area contributed by atoms with Gasteiger partial charge in [-0.15, -0.1) is 0 Å². The number of hydrogen-bond acceptors (Lipinski definition) is 2. The number of amidine groups is 1. The summed E-state index contributed by atoms with van der Waals surface area (Å²) in [6.45, 7) is 6.74. The average molecular weight is 746 g/mol. The summed E-state index contributed by atoms with van der Waals surface area (Å²) in [6.07, 6.45) is 0. The van der Waals surface area contributed by atoms with Gasteiger partial charge >= 0.3 is 0 Å². The van der Waals surface area contributed by atoms with Gasteiger partial charge in [0.15, 0.2) is 0 Å². The lowest BCUT2D eigenvalue weighted by molar-refractivity contribution is 0.693. The van der Waals surface area contributed by atoms with Crippen LogP contribution in [0.25, 0.3) is 49.5 Å². The zero-order chi connectivity index (χ0) is 39.5. The predicted octanol–water partition coefficient (Wildman–Crippen LogP) is 14.2. The van der Waals surface area contributed by atoms with Gasteiger partial charge in [0.25, 0.3) is 0 Å². The van der Waals surface area contributed by atoms with Gasteiger partial charge < -0.3 is 10.6 Å². The van der Waals surface area contributed by atoms with Crippen molar-refractivity contribution >= 4 is 44.5 Å². The van der Waals surface area contributed by atoms with E-state index in [-0.39, 0.29) is 0 Å². The highest BCUT2D eigenvalue weighted by atomic mass is 14.9. The van der Waals surface area contributed by atoms with E-state index >= 15 is 0 Å². The van der Waals surface area contributed by atoms with E-state index in [9.17, 15) is 0 Å². The summed E-state index contributed by atoms with van der Waals surface area (Å²) in [5.41, 5.74) is 12.3. The zero-order valence-electron chi connectivity index (χ0n) is 32.4. The van der Waals surface area contributed by atoms with Crippen LogP contribution in [-0.2, 0) is 5.41 Å². The molecule has 3 nitrogen and oxygen atoms in total. The first-order chi connectivity index (χ1) is 28.4. The number of benzene rings is 9. The molecule has 0 heterocycles. The molecule has 1 unspecified atom stereocenters. The molecule has 278 valence electrons. The predicted molar refractivity (Wildman–Crippen MR) is 247 cm³/mol. The second-order valence-corrected chi connectivity index (χ2v) is 15.0. The standard InChI is InChI=1S/C55H43N3/c1-38(50-26-12-18-40-16-6-8-24-51(40)50)57-48-32-28-45(29-33-48)55(2,47-23-11-22-44(37-47)43-21-10-20-42(36-43)39-14-4-3-5-15-39)46-30-34-49(35-31-46)58-54(56)53-27-13-19-41-17-7-9-25-52(41)53/h3-37,57H,1H2,2H3,(H2,56,58). The summed E-state index contributed by atoms with van der Waals surface area (Å²) < 4.78 is 0. The highest BCUT2D eigenvalue weighted by Crippen LogP contribution is 2.41. The van der Waals surface area contributed by atoms with Crippen LogP contribution in [0, 0.1) is 5.41 Å². The molecule has 0 radical (unpaired) electrons. The molecule has 0 saturated carbocycles. The topological polar surface area (TPSA) is 47.9 Å². The van der Waals surface area contributed by atoms with Gasteiger partial charge in [0.1, 0.15) is 5.84 Å². The fourth-order valence-electron chi connectivity index (χ4n) is 8.18. The van der Waals surface area contributed by atoms with Gasteiger partial charge in [0.05, 0.1) is 0 Å². The summed E-state index contributed by atoms with van der Waals surface area (Å²) in [5, 5.41) is 20.5. The minimum atomic E-state index is -0.514. The lowest BCUT2D eigenvalue weighted by Crippen LogP contribution is -2.25. The molecule has 0 aliphatic heterocycles. The second kappa shape index (κ2) is 15.6. The molecule has 0 bridgehead atoms. The second-order valence-electron chi connectivity index (χ2n) is 15.0.